The van der Waals surface area contributed by atoms with Crippen LogP contribution in [0.5, 0.6) is 0 Å². The number of fused-ring (bicyclic) bond motifs is 1. The van der Waals surface area contributed by atoms with Crippen molar-refractivity contribution < 1.29 is 9.53 Å². The lowest BCUT2D eigenvalue weighted by Crippen LogP contribution is -2.48. The van der Waals surface area contributed by atoms with Crippen LogP contribution in [0.1, 0.15) is 25.0 Å². The monoisotopic (exact) mass is 344 g/mol. The van der Waals surface area contributed by atoms with Gasteiger partial charge in [-0.3, -0.25) is 4.79 Å². The number of pyridine rings is 1. The first-order chi connectivity index (χ1) is 11.4. The van der Waals surface area contributed by atoms with Crippen LogP contribution in [0.15, 0.2) is 29.3 Å². The predicted molar refractivity (Wildman–Crippen MR) is 98.5 cm³/mol. The van der Waals surface area contributed by atoms with Crippen LogP contribution in [-0.2, 0) is 9.53 Å². The molecule has 1 aromatic heterocycles. The Kier molecular flexibility index (Phi) is 5.11. The van der Waals surface area contributed by atoms with Gasteiger partial charge in [0.15, 0.2) is 0 Å². The quantitative estimate of drug-likeness (QED) is 0.798. The number of para-hydroxylation sites is 1. The summed E-state index contributed by atoms with van der Waals surface area (Å²) in [6.07, 6.45) is 0.206. The van der Waals surface area contributed by atoms with Crippen LogP contribution in [0.3, 0.4) is 0 Å². The van der Waals surface area contributed by atoms with E-state index in [1.54, 1.807) is 0 Å². The summed E-state index contributed by atoms with van der Waals surface area (Å²) >= 11 is 1.52. The number of nitrogens with zero attached hydrogens (tertiary/aromatic N) is 2. The highest BCUT2D eigenvalue weighted by Crippen LogP contribution is 2.26. The molecule has 0 spiro atoms. The van der Waals surface area contributed by atoms with E-state index in [0.29, 0.717) is 18.8 Å². The number of carbonyl (C=O) groups is 1. The van der Waals surface area contributed by atoms with Gasteiger partial charge in [0.2, 0.25) is 5.91 Å². The van der Waals surface area contributed by atoms with E-state index in [0.717, 1.165) is 10.5 Å². The maximum Gasteiger partial charge on any atom is 0.233 e. The number of carbonyl (C=O) groups excluding carboxylic acids is 1. The predicted octanol–water partition coefficient (Wildman–Crippen LogP) is 3.58. The Morgan fingerprint density at radius 1 is 1.25 bits per heavy atom. The second-order valence-corrected chi connectivity index (χ2v) is 7.59. The zero-order chi connectivity index (χ0) is 17.3. The fraction of sp³-hybridized carbons (Fsp3) is 0.474. The summed E-state index contributed by atoms with van der Waals surface area (Å²) in [4.78, 5) is 19.2. The van der Waals surface area contributed by atoms with E-state index in [4.69, 9.17) is 9.72 Å². The van der Waals surface area contributed by atoms with Gasteiger partial charge in [0.1, 0.15) is 0 Å². The van der Waals surface area contributed by atoms with Crippen LogP contribution in [0.4, 0.5) is 0 Å². The summed E-state index contributed by atoms with van der Waals surface area (Å²) in [5, 5.41) is 2.10. The average Bonchev–Trinajstić information content (AvgIpc) is 2.52. The van der Waals surface area contributed by atoms with Crippen molar-refractivity contribution in [2.75, 3.05) is 18.8 Å². The van der Waals surface area contributed by atoms with E-state index in [2.05, 4.69) is 38.1 Å². The van der Waals surface area contributed by atoms with E-state index in [1.807, 2.05) is 18.7 Å². The van der Waals surface area contributed by atoms with Crippen molar-refractivity contribution in [3.8, 4) is 0 Å². The molecular formula is C19H24N2O2S. The third-order valence-corrected chi connectivity index (χ3v) is 5.24. The van der Waals surface area contributed by atoms with Gasteiger partial charge in [-0.2, -0.15) is 0 Å². The number of ether oxygens (including phenoxy) is 1. The molecule has 5 heteroatoms. The first-order valence-electron chi connectivity index (χ1n) is 8.37. The lowest BCUT2D eigenvalue weighted by atomic mass is 10.1. The van der Waals surface area contributed by atoms with Gasteiger partial charge in [0.25, 0.3) is 0 Å². The van der Waals surface area contributed by atoms with Gasteiger partial charge >= 0.3 is 0 Å². The number of benzene rings is 1. The largest absolute Gasteiger partial charge is 0.372 e. The lowest BCUT2D eigenvalue weighted by Gasteiger charge is -2.35. The summed E-state index contributed by atoms with van der Waals surface area (Å²) in [5.41, 5.74) is 3.40. The maximum atomic E-state index is 12.5. The molecule has 0 bridgehead atoms. The van der Waals surface area contributed by atoms with E-state index >= 15 is 0 Å². The van der Waals surface area contributed by atoms with Crippen molar-refractivity contribution in [3.05, 3.63) is 35.4 Å². The first-order valence-corrected chi connectivity index (χ1v) is 9.35. The van der Waals surface area contributed by atoms with Crippen molar-refractivity contribution in [3.63, 3.8) is 0 Å². The highest BCUT2D eigenvalue weighted by molar-refractivity contribution is 7.99. The Bertz CT molecular complexity index is 752. The SMILES string of the molecule is Cc1cc(SCC(=O)N2C[C@@H](C)O[C@H](C)C2)nc2c(C)cccc12. The van der Waals surface area contributed by atoms with Crippen molar-refractivity contribution in [1.82, 2.24) is 9.88 Å². The number of hydrogen-bond donors (Lipinski definition) is 0. The normalized spacial score (nSPS) is 21.2. The highest BCUT2D eigenvalue weighted by Gasteiger charge is 2.25. The number of thioether (sulfide) groups is 1. The molecule has 24 heavy (non-hydrogen) atoms. The summed E-state index contributed by atoms with van der Waals surface area (Å²) in [7, 11) is 0. The molecule has 0 N–H and O–H groups in total. The van der Waals surface area contributed by atoms with Crippen molar-refractivity contribution in [1.29, 1.82) is 0 Å². The third kappa shape index (κ3) is 3.73. The maximum absolute atomic E-state index is 12.5. The number of aryl methyl sites for hydroxylation is 2. The summed E-state index contributed by atoms with van der Waals surface area (Å²) in [6.45, 7) is 9.55. The van der Waals surface area contributed by atoms with Crippen molar-refractivity contribution in [2.24, 2.45) is 0 Å². The Hall–Kier alpha value is -1.59. The summed E-state index contributed by atoms with van der Waals surface area (Å²) in [6, 6.07) is 8.30. The Morgan fingerprint density at radius 2 is 1.96 bits per heavy atom. The number of morpholine rings is 1. The van der Waals surface area contributed by atoms with E-state index in [1.165, 1.54) is 28.3 Å². The molecule has 1 saturated heterocycles. The van der Waals surface area contributed by atoms with Gasteiger partial charge in [-0.25, -0.2) is 4.98 Å². The molecule has 1 aliphatic heterocycles. The van der Waals surface area contributed by atoms with Gasteiger partial charge in [0, 0.05) is 18.5 Å². The molecular weight excluding hydrogens is 320 g/mol. The van der Waals surface area contributed by atoms with Gasteiger partial charge < -0.3 is 9.64 Å². The summed E-state index contributed by atoms with van der Waals surface area (Å²) in [5.74, 6) is 0.579. The van der Waals surface area contributed by atoms with Crippen LogP contribution in [-0.4, -0.2) is 46.8 Å². The zero-order valence-corrected chi connectivity index (χ0v) is 15.5. The second-order valence-electron chi connectivity index (χ2n) is 6.59. The minimum Gasteiger partial charge on any atom is -0.372 e. The smallest absolute Gasteiger partial charge is 0.233 e. The zero-order valence-electron chi connectivity index (χ0n) is 14.7. The molecule has 0 unspecified atom stereocenters. The molecule has 0 radical (unpaired) electrons. The topological polar surface area (TPSA) is 42.4 Å². The molecule has 1 aliphatic rings. The van der Waals surface area contributed by atoms with Gasteiger partial charge in [-0.05, 0) is 44.9 Å². The highest BCUT2D eigenvalue weighted by atomic mass is 32.2. The van der Waals surface area contributed by atoms with Gasteiger partial charge in [-0.15, -0.1) is 0 Å². The fourth-order valence-electron chi connectivity index (χ4n) is 3.21. The van der Waals surface area contributed by atoms with Crippen LogP contribution in [0.25, 0.3) is 10.9 Å². The number of rotatable bonds is 3. The average molecular weight is 344 g/mol. The number of amides is 1. The fourth-order valence-corrected chi connectivity index (χ4v) is 4.08. The molecule has 1 fully saturated rings. The van der Waals surface area contributed by atoms with Crippen LogP contribution < -0.4 is 0 Å². The lowest BCUT2D eigenvalue weighted by molar-refractivity contribution is -0.140. The van der Waals surface area contributed by atoms with E-state index in [-0.39, 0.29) is 18.1 Å². The molecule has 1 amide bonds. The number of aromatic nitrogens is 1. The standard InChI is InChI=1S/C19H24N2O2S/c1-12-6-5-7-16-13(2)8-17(20-19(12)16)24-11-18(22)21-9-14(3)23-15(4)10-21/h5-8,14-15H,9-11H2,1-4H3/t14-,15-/m1/s1. The van der Waals surface area contributed by atoms with E-state index < -0.39 is 0 Å². The molecule has 0 saturated carbocycles. The Balaban J connectivity index is 1.71. The molecule has 0 aliphatic carbocycles. The molecule has 128 valence electrons. The summed E-state index contributed by atoms with van der Waals surface area (Å²) < 4.78 is 5.69. The molecule has 1 aromatic carbocycles. The Labute approximate surface area is 147 Å². The molecule has 2 atom stereocenters. The van der Waals surface area contributed by atoms with Crippen molar-refractivity contribution in [2.45, 2.75) is 44.9 Å². The van der Waals surface area contributed by atoms with Gasteiger partial charge in [0.05, 0.1) is 28.5 Å². The van der Waals surface area contributed by atoms with Crippen LogP contribution in [0, 0.1) is 13.8 Å². The molecule has 2 aromatic rings. The molecule has 2 heterocycles. The third-order valence-electron chi connectivity index (χ3n) is 4.34. The number of hydrogen-bond acceptors (Lipinski definition) is 4. The Morgan fingerprint density at radius 3 is 2.67 bits per heavy atom. The van der Waals surface area contributed by atoms with Crippen LogP contribution >= 0.6 is 11.8 Å². The van der Waals surface area contributed by atoms with E-state index in [9.17, 15) is 4.79 Å². The molecule has 4 nitrogen and oxygen atoms in total. The van der Waals surface area contributed by atoms with Crippen LogP contribution in [0.2, 0.25) is 0 Å². The van der Waals surface area contributed by atoms with Crippen molar-refractivity contribution >= 4 is 28.6 Å². The minimum absolute atomic E-state index is 0.103. The second kappa shape index (κ2) is 7.11. The minimum atomic E-state index is 0.103. The first kappa shape index (κ1) is 17.2. The van der Waals surface area contributed by atoms with Gasteiger partial charge in [-0.1, -0.05) is 30.0 Å². The molecule has 3 rings (SSSR count).